The number of halogens is 3. The van der Waals surface area contributed by atoms with Crippen molar-refractivity contribution in [1.82, 2.24) is 4.98 Å². The Bertz CT molecular complexity index is 681. The summed E-state index contributed by atoms with van der Waals surface area (Å²) in [5.74, 6) is 0. The number of nitrogens with zero attached hydrogens (tertiary/aromatic N) is 2. The van der Waals surface area contributed by atoms with E-state index in [9.17, 15) is 18.3 Å². The van der Waals surface area contributed by atoms with E-state index in [-0.39, 0.29) is 6.54 Å². The molecule has 4 nitrogen and oxygen atoms in total. The standard InChI is InChI=1S/C15H12F3N3O/c16-15(17,18)13-2-1-12(7-11(13)8-19)21-9-14(22)10-3-5-20-6-4-10/h1-7,14,21-22H,9H2/t14-/m0/s1. The number of alkyl halides is 3. The van der Waals surface area contributed by atoms with Crippen molar-refractivity contribution >= 4 is 5.69 Å². The van der Waals surface area contributed by atoms with Crippen LogP contribution < -0.4 is 5.32 Å². The summed E-state index contributed by atoms with van der Waals surface area (Å²) in [6, 6.07) is 7.99. The highest BCUT2D eigenvalue weighted by Gasteiger charge is 2.33. The highest BCUT2D eigenvalue weighted by Crippen LogP contribution is 2.33. The molecule has 2 aromatic rings. The van der Waals surface area contributed by atoms with Gasteiger partial charge in [0, 0.05) is 24.6 Å². The number of rotatable bonds is 4. The first-order valence-corrected chi connectivity index (χ1v) is 6.35. The lowest BCUT2D eigenvalue weighted by Gasteiger charge is -2.14. The predicted octanol–water partition coefficient (Wildman–Crippen LogP) is 3.12. The minimum absolute atomic E-state index is 0.0975. The molecule has 2 rings (SSSR count). The molecule has 0 bridgehead atoms. The molecule has 0 radical (unpaired) electrons. The van der Waals surface area contributed by atoms with Crippen LogP contribution in [0.5, 0.6) is 0 Å². The first-order chi connectivity index (χ1) is 10.4. The van der Waals surface area contributed by atoms with Gasteiger partial charge >= 0.3 is 6.18 Å². The molecule has 0 aliphatic rings. The third-order valence-electron chi connectivity index (χ3n) is 3.04. The first kappa shape index (κ1) is 15.8. The number of benzene rings is 1. The molecule has 0 saturated heterocycles. The summed E-state index contributed by atoms with van der Waals surface area (Å²) < 4.78 is 38.1. The van der Waals surface area contributed by atoms with Crippen molar-refractivity contribution in [2.75, 3.05) is 11.9 Å². The minimum atomic E-state index is -4.57. The largest absolute Gasteiger partial charge is 0.417 e. The van der Waals surface area contributed by atoms with E-state index in [0.717, 1.165) is 12.1 Å². The van der Waals surface area contributed by atoms with E-state index in [1.54, 1.807) is 12.1 Å². The Hall–Kier alpha value is -2.59. The zero-order valence-electron chi connectivity index (χ0n) is 11.3. The fraction of sp³-hybridized carbons (Fsp3) is 0.200. The lowest BCUT2D eigenvalue weighted by atomic mass is 10.1. The Labute approximate surface area is 124 Å². The van der Waals surface area contributed by atoms with E-state index in [4.69, 9.17) is 5.26 Å². The number of hydrogen-bond acceptors (Lipinski definition) is 4. The Morgan fingerprint density at radius 1 is 1.23 bits per heavy atom. The maximum Gasteiger partial charge on any atom is 0.417 e. The van der Waals surface area contributed by atoms with Crippen LogP contribution >= 0.6 is 0 Å². The normalized spacial score (nSPS) is 12.5. The second-order valence-electron chi connectivity index (χ2n) is 4.55. The van der Waals surface area contributed by atoms with Gasteiger partial charge in [0.1, 0.15) is 0 Å². The minimum Gasteiger partial charge on any atom is -0.387 e. The van der Waals surface area contributed by atoms with E-state index in [1.165, 1.54) is 24.5 Å². The number of pyridine rings is 1. The summed E-state index contributed by atoms with van der Waals surface area (Å²) in [4.78, 5) is 3.83. The van der Waals surface area contributed by atoms with Crippen molar-refractivity contribution in [3.63, 3.8) is 0 Å². The van der Waals surface area contributed by atoms with Gasteiger partial charge in [-0.3, -0.25) is 4.98 Å². The lowest BCUT2D eigenvalue weighted by molar-refractivity contribution is -0.137. The van der Waals surface area contributed by atoms with Crippen molar-refractivity contribution < 1.29 is 18.3 Å². The summed E-state index contributed by atoms with van der Waals surface area (Å²) >= 11 is 0. The molecule has 0 saturated carbocycles. The second kappa shape index (κ2) is 6.45. The van der Waals surface area contributed by atoms with Crippen LogP contribution in [0.2, 0.25) is 0 Å². The molecule has 114 valence electrons. The quantitative estimate of drug-likeness (QED) is 0.910. The van der Waals surface area contributed by atoms with Gasteiger partial charge in [0.2, 0.25) is 0 Å². The number of aromatic nitrogens is 1. The number of hydrogen-bond donors (Lipinski definition) is 2. The molecule has 2 N–H and O–H groups in total. The summed E-state index contributed by atoms with van der Waals surface area (Å²) in [7, 11) is 0. The van der Waals surface area contributed by atoms with E-state index >= 15 is 0 Å². The number of nitriles is 1. The van der Waals surface area contributed by atoms with E-state index in [1.807, 2.05) is 0 Å². The average molecular weight is 307 g/mol. The number of aliphatic hydroxyl groups is 1. The summed E-state index contributed by atoms with van der Waals surface area (Å²) in [5.41, 5.74) is -0.473. The van der Waals surface area contributed by atoms with Gasteiger partial charge in [-0.2, -0.15) is 18.4 Å². The van der Waals surface area contributed by atoms with Crippen LogP contribution in [0.3, 0.4) is 0 Å². The van der Waals surface area contributed by atoms with Crippen LogP contribution in [-0.2, 0) is 6.18 Å². The van der Waals surface area contributed by atoms with Crippen molar-refractivity contribution in [2.24, 2.45) is 0 Å². The molecule has 0 aliphatic heterocycles. The molecule has 22 heavy (non-hydrogen) atoms. The van der Waals surface area contributed by atoms with Crippen molar-refractivity contribution in [3.8, 4) is 6.07 Å². The van der Waals surface area contributed by atoms with Crippen molar-refractivity contribution in [3.05, 3.63) is 59.4 Å². The van der Waals surface area contributed by atoms with Gasteiger partial charge < -0.3 is 10.4 Å². The highest BCUT2D eigenvalue weighted by molar-refractivity contribution is 5.53. The number of anilines is 1. The highest BCUT2D eigenvalue weighted by atomic mass is 19.4. The van der Waals surface area contributed by atoms with Crippen LogP contribution in [0.25, 0.3) is 0 Å². The van der Waals surface area contributed by atoms with Crippen LogP contribution in [0.1, 0.15) is 22.8 Å². The predicted molar refractivity (Wildman–Crippen MR) is 73.8 cm³/mol. The van der Waals surface area contributed by atoms with Gasteiger partial charge in [0.15, 0.2) is 0 Å². The van der Waals surface area contributed by atoms with Gasteiger partial charge in [-0.25, -0.2) is 0 Å². The lowest BCUT2D eigenvalue weighted by Crippen LogP contribution is -2.13. The third-order valence-corrected chi connectivity index (χ3v) is 3.04. The smallest absolute Gasteiger partial charge is 0.387 e. The molecule has 0 unspecified atom stereocenters. The Kier molecular flexibility index (Phi) is 4.63. The molecule has 0 spiro atoms. The molecular weight excluding hydrogens is 295 g/mol. The maximum atomic E-state index is 12.7. The summed E-state index contributed by atoms with van der Waals surface area (Å²) in [5, 5.41) is 21.6. The summed E-state index contributed by atoms with van der Waals surface area (Å²) in [6.45, 7) is 0.0975. The van der Waals surface area contributed by atoms with Gasteiger partial charge in [0.25, 0.3) is 0 Å². The van der Waals surface area contributed by atoms with Gasteiger partial charge in [-0.05, 0) is 35.9 Å². The van der Waals surface area contributed by atoms with E-state index < -0.39 is 23.4 Å². The van der Waals surface area contributed by atoms with Crippen LogP contribution in [-0.4, -0.2) is 16.6 Å². The molecule has 1 aromatic heterocycles. The fourth-order valence-corrected chi connectivity index (χ4v) is 1.91. The molecular formula is C15H12F3N3O. The van der Waals surface area contributed by atoms with Gasteiger partial charge in [0.05, 0.1) is 23.3 Å². The molecule has 0 aliphatic carbocycles. The van der Waals surface area contributed by atoms with Crippen LogP contribution in [0.15, 0.2) is 42.7 Å². The second-order valence-corrected chi connectivity index (χ2v) is 4.55. The van der Waals surface area contributed by atoms with Crippen LogP contribution in [0, 0.1) is 11.3 Å². The van der Waals surface area contributed by atoms with Gasteiger partial charge in [-0.1, -0.05) is 0 Å². The molecule has 7 heteroatoms. The van der Waals surface area contributed by atoms with E-state index in [0.29, 0.717) is 11.3 Å². The molecule has 1 aromatic carbocycles. The molecule has 0 amide bonds. The van der Waals surface area contributed by atoms with Gasteiger partial charge in [-0.15, -0.1) is 0 Å². The molecule has 1 heterocycles. The fourth-order valence-electron chi connectivity index (χ4n) is 1.91. The molecule has 0 fully saturated rings. The van der Waals surface area contributed by atoms with Crippen molar-refractivity contribution in [1.29, 1.82) is 5.26 Å². The Morgan fingerprint density at radius 2 is 1.91 bits per heavy atom. The Morgan fingerprint density at radius 3 is 2.50 bits per heavy atom. The third kappa shape index (κ3) is 3.74. The topological polar surface area (TPSA) is 68.9 Å². The first-order valence-electron chi connectivity index (χ1n) is 6.35. The van der Waals surface area contributed by atoms with Crippen molar-refractivity contribution in [2.45, 2.75) is 12.3 Å². The zero-order chi connectivity index (χ0) is 16.2. The maximum absolute atomic E-state index is 12.7. The Balaban J connectivity index is 2.10. The van der Waals surface area contributed by atoms with E-state index in [2.05, 4.69) is 10.3 Å². The summed E-state index contributed by atoms with van der Waals surface area (Å²) in [6.07, 6.45) is -2.34. The number of nitrogens with one attached hydrogen (secondary N) is 1. The molecule has 1 atom stereocenters. The van der Waals surface area contributed by atoms with Crippen LogP contribution in [0.4, 0.5) is 18.9 Å². The SMILES string of the molecule is N#Cc1cc(NC[C@H](O)c2ccncc2)ccc1C(F)(F)F. The zero-order valence-corrected chi connectivity index (χ0v) is 11.3. The number of aliphatic hydroxyl groups excluding tert-OH is 1. The average Bonchev–Trinajstić information content (AvgIpc) is 2.52. The monoisotopic (exact) mass is 307 g/mol.